The van der Waals surface area contributed by atoms with Gasteiger partial charge in [0.2, 0.25) is 0 Å². The molecular formula is C23H23N5OS2. The Morgan fingerprint density at radius 3 is 2.55 bits per heavy atom. The van der Waals surface area contributed by atoms with Gasteiger partial charge in [0, 0.05) is 31.1 Å². The molecule has 158 valence electrons. The van der Waals surface area contributed by atoms with Gasteiger partial charge < -0.3 is 9.80 Å². The lowest BCUT2D eigenvalue weighted by Gasteiger charge is -2.34. The maximum atomic E-state index is 13.2. The Labute approximate surface area is 189 Å². The van der Waals surface area contributed by atoms with Crippen LogP contribution in [0.1, 0.15) is 16.1 Å². The van der Waals surface area contributed by atoms with Crippen molar-refractivity contribution in [2.75, 3.05) is 37.3 Å². The number of benzene rings is 2. The van der Waals surface area contributed by atoms with Crippen molar-refractivity contribution >= 4 is 44.4 Å². The summed E-state index contributed by atoms with van der Waals surface area (Å²) in [5, 5.41) is 5.49. The first-order valence-electron chi connectivity index (χ1n) is 10.2. The molecule has 6 nitrogen and oxygen atoms in total. The van der Waals surface area contributed by atoms with E-state index in [1.54, 1.807) is 29.3 Å². The predicted octanol–water partition coefficient (Wildman–Crippen LogP) is 4.47. The number of thiazole rings is 1. The summed E-state index contributed by atoms with van der Waals surface area (Å²) in [4.78, 5) is 23.5. The maximum absolute atomic E-state index is 13.2. The van der Waals surface area contributed by atoms with Crippen LogP contribution in [0.4, 0.5) is 5.13 Å². The second-order valence-electron chi connectivity index (χ2n) is 7.47. The van der Waals surface area contributed by atoms with Crippen molar-refractivity contribution < 1.29 is 4.79 Å². The number of anilines is 1. The van der Waals surface area contributed by atoms with Crippen LogP contribution in [0.2, 0.25) is 0 Å². The molecule has 5 rings (SSSR count). The van der Waals surface area contributed by atoms with Crippen LogP contribution in [0.15, 0.2) is 59.6 Å². The Balaban J connectivity index is 1.30. The van der Waals surface area contributed by atoms with Crippen LogP contribution in [0.5, 0.6) is 0 Å². The smallest absolute Gasteiger partial charge is 0.257 e. The Morgan fingerprint density at radius 1 is 1.03 bits per heavy atom. The zero-order valence-corrected chi connectivity index (χ0v) is 19.1. The summed E-state index contributed by atoms with van der Waals surface area (Å²) in [5.41, 5.74) is 3.58. The highest BCUT2D eigenvalue weighted by Gasteiger charge is 2.26. The van der Waals surface area contributed by atoms with Gasteiger partial charge in [-0.05, 0) is 37.4 Å². The molecule has 4 aromatic rings. The number of aromatic nitrogens is 3. The summed E-state index contributed by atoms with van der Waals surface area (Å²) in [5.74, 6) is 0.0494. The summed E-state index contributed by atoms with van der Waals surface area (Å²) >= 11 is 3.45. The molecule has 2 aromatic carbocycles. The molecule has 1 fully saturated rings. The normalized spacial score (nSPS) is 14.4. The van der Waals surface area contributed by atoms with E-state index in [-0.39, 0.29) is 5.91 Å². The average Bonchev–Trinajstić information content (AvgIpc) is 3.43. The number of thioether (sulfide) groups is 1. The quantitative estimate of drug-likeness (QED) is 0.430. The van der Waals surface area contributed by atoms with E-state index in [0.717, 1.165) is 35.1 Å². The molecule has 8 heteroatoms. The lowest BCUT2D eigenvalue weighted by atomic mass is 10.2. The fourth-order valence-electron chi connectivity index (χ4n) is 3.93. The van der Waals surface area contributed by atoms with Gasteiger partial charge in [0.15, 0.2) is 5.13 Å². The van der Waals surface area contributed by atoms with E-state index in [1.807, 2.05) is 46.8 Å². The zero-order chi connectivity index (χ0) is 21.4. The van der Waals surface area contributed by atoms with E-state index in [1.165, 1.54) is 9.60 Å². The number of para-hydroxylation sites is 2. The summed E-state index contributed by atoms with van der Waals surface area (Å²) in [6, 6.07) is 16.2. The van der Waals surface area contributed by atoms with Gasteiger partial charge in [0.05, 0.1) is 33.4 Å². The first-order chi connectivity index (χ1) is 15.2. The molecule has 0 saturated carbocycles. The van der Waals surface area contributed by atoms with Gasteiger partial charge >= 0.3 is 0 Å². The van der Waals surface area contributed by atoms with Crippen molar-refractivity contribution in [3.63, 3.8) is 0 Å². The number of piperazine rings is 1. The van der Waals surface area contributed by atoms with E-state index in [2.05, 4.69) is 34.5 Å². The number of fused-ring (bicyclic) bond motifs is 1. The van der Waals surface area contributed by atoms with Gasteiger partial charge in [0.25, 0.3) is 5.91 Å². The van der Waals surface area contributed by atoms with Crippen LogP contribution in [-0.2, 0) is 0 Å². The third-order valence-corrected chi connectivity index (χ3v) is 7.52. The molecule has 0 spiro atoms. The monoisotopic (exact) mass is 449 g/mol. The molecule has 1 aliphatic heterocycles. The topological polar surface area (TPSA) is 54.3 Å². The summed E-state index contributed by atoms with van der Waals surface area (Å²) in [7, 11) is 0. The molecule has 1 aliphatic rings. The minimum Gasteiger partial charge on any atom is -0.345 e. The lowest BCUT2D eigenvalue weighted by molar-refractivity contribution is 0.0746. The number of carbonyl (C=O) groups excluding carboxylic acids is 1. The van der Waals surface area contributed by atoms with E-state index in [0.29, 0.717) is 18.7 Å². The van der Waals surface area contributed by atoms with Gasteiger partial charge in [0.1, 0.15) is 0 Å². The van der Waals surface area contributed by atoms with Crippen LogP contribution in [0.3, 0.4) is 0 Å². The van der Waals surface area contributed by atoms with Crippen LogP contribution in [0.25, 0.3) is 15.9 Å². The standard InChI is InChI=1S/C23H23N5OS2/c1-16-18(15-24-28(16)17-7-4-3-5-8-17)22(29)26-11-13-27(14-12-26)23-25-21-19(30-2)9-6-10-20(21)31-23/h3-10,15H,11-14H2,1-2H3. The van der Waals surface area contributed by atoms with Gasteiger partial charge in [-0.3, -0.25) is 4.79 Å². The van der Waals surface area contributed by atoms with E-state index in [4.69, 9.17) is 4.98 Å². The summed E-state index contributed by atoms with van der Waals surface area (Å²) in [6.07, 6.45) is 3.77. The molecule has 0 radical (unpaired) electrons. The van der Waals surface area contributed by atoms with E-state index >= 15 is 0 Å². The minimum atomic E-state index is 0.0494. The minimum absolute atomic E-state index is 0.0494. The highest BCUT2D eigenvalue weighted by molar-refractivity contribution is 7.98. The Bertz CT molecular complexity index is 1230. The summed E-state index contributed by atoms with van der Waals surface area (Å²) in [6.45, 7) is 4.88. The maximum Gasteiger partial charge on any atom is 0.257 e. The van der Waals surface area contributed by atoms with E-state index in [9.17, 15) is 4.79 Å². The third kappa shape index (κ3) is 3.70. The number of nitrogens with zero attached hydrogens (tertiary/aromatic N) is 5. The van der Waals surface area contributed by atoms with Crippen molar-refractivity contribution in [2.45, 2.75) is 11.8 Å². The second kappa shape index (κ2) is 8.36. The van der Waals surface area contributed by atoms with Gasteiger partial charge in [-0.15, -0.1) is 11.8 Å². The van der Waals surface area contributed by atoms with Crippen LogP contribution in [0, 0.1) is 6.92 Å². The number of amides is 1. The third-order valence-electron chi connectivity index (χ3n) is 5.67. The largest absolute Gasteiger partial charge is 0.345 e. The molecule has 0 aliphatic carbocycles. The van der Waals surface area contributed by atoms with Gasteiger partial charge in [-0.2, -0.15) is 5.10 Å². The highest BCUT2D eigenvalue weighted by Crippen LogP contribution is 2.34. The fourth-order valence-corrected chi connectivity index (χ4v) is 5.60. The van der Waals surface area contributed by atoms with Crippen molar-refractivity contribution in [1.82, 2.24) is 19.7 Å². The molecule has 0 atom stereocenters. The summed E-state index contributed by atoms with van der Waals surface area (Å²) < 4.78 is 3.04. The molecule has 1 saturated heterocycles. The van der Waals surface area contributed by atoms with Gasteiger partial charge in [-0.1, -0.05) is 35.6 Å². The molecule has 0 bridgehead atoms. The van der Waals surface area contributed by atoms with Crippen molar-refractivity contribution in [1.29, 1.82) is 0 Å². The highest BCUT2D eigenvalue weighted by atomic mass is 32.2. The van der Waals surface area contributed by atoms with E-state index < -0.39 is 0 Å². The lowest BCUT2D eigenvalue weighted by Crippen LogP contribution is -2.48. The first kappa shape index (κ1) is 20.1. The molecule has 0 unspecified atom stereocenters. The van der Waals surface area contributed by atoms with Gasteiger partial charge in [-0.25, -0.2) is 9.67 Å². The number of rotatable bonds is 4. The van der Waals surface area contributed by atoms with Crippen LogP contribution in [-0.4, -0.2) is 58.0 Å². The fraction of sp³-hybridized carbons (Fsp3) is 0.261. The second-order valence-corrected chi connectivity index (χ2v) is 9.33. The predicted molar refractivity (Wildman–Crippen MR) is 128 cm³/mol. The van der Waals surface area contributed by atoms with Crippen LogP contribution < -0.4 is 4.90 Å². The first-order valence-corrected chi connectivity index (χ1v) is 12.3. The Kier molecular flexibility index (Phi) is 5.41. The molecule has 0 N–H and O–H groups in total. The molecule has 3 heterocycles. The molecule has 2 aromatic heterocycles. The molecule has 31 heavy (non-hydrogen) atoms. The number of hydrogen-bond donors (Lipinski definition) is 0. The Morgan fingerprint density at radius 2 is 1.81 bits per heavy atom. The van der Waals surface area contributed by atoms with Crippen molar-refractivity contribution in [3.05, 3.63) is 66.0 Å². The SMILES string of the molecule is CSc1cccc2sc(N3CCN(C(=O)c4cnn(-c5ccccc5)c4C)CC3)nc12. The van der Waals surface area contributed by atoms with Crippen molar-refractivity contribution in [2.24, 2.45) is 0 Å². The molecular weight excluding hydrogens is 426 g/mol. The van der Waals surface area contributed by atoms with Crippen LogP contribution >= 0.6 is 23.1 Å². The molecule has 1 amide bonds. The Hall–Kier alpha value is -2.84. The average molecular weight is 450 g/mol. The number of carbonyl (C=O) groups is 1. The number of hydrogen-bond acceptors (Lipinski definition) is 6. The van der Waals surface area contributed by atoms with Crippen molar-refractivity contribution in [3.8, 4) is 5.69 Å². The zero-order valence-electron chi connectivity index (χ0n) is 17.5.